The number of rotatable bonds is 1. The molecule has 1 heterocycles. The van der Waals surface area contributed by atoms with Crippen LogP contribution >= 0.6 is 0 Å². The summed E-state index contributed by atoms with van der Waals surface area (Å²) in [5, 5.41) is 12.1. The van der Waals surface area contributed by atoms with Crippen molar-refractivity contribution in [2.24, 2.45) is 5.41 Å². The maximum absolute atomic E-state index is 10.8. The van der Waals surface area contributed by atoms with Crippen LogP contribution in [0.25, 0.3) is 0 Å². The Morgan fingerprint density at radius 1 is 0.952 bits per heavy atom. The summed E-state index contributed by atoms with van der Waals surface area (Å²) in [5.74, 6) is 0.844. The zero-order valence-electron chi connectivity index (χ0n) is 12.7. The standard InChI is InChI=1S/C18H21NO2/c1-18(2,3)17-19(20)16(13-9-5-4-6-10-13)14-11-7-8-12-15(14)21-17/h4-12,16-17,20H,1-3H3. The van der Waals surface area contributed by atoms with Gasteiger partial charge in [-0.25, -0.2) is 0 Å². The lowest BCUT2D eigenvalue weighted by molar-refractivity contribution is -0.246. The zero-order valence-corrected chi connectivity index (χ0v) is 12.7. The molecule has 0 saturated carbocycles. The van der Waals surface area contributed by atoms with E-state index >= 15 is 0 Å². The summed E-state index contributed by atoms with van der Waals surface area (Å²) in [7, 11) is 0. The summed E-state index contributed by atoms with van der Waals surface area (Å²) >= 11 is 0. The van der Waals surface area contributed by atoms with Crippen LogP contribution in [-0.4, -0.2) is 16.5 Å². The molecule has 21 heavy (non-hydrogen) atoms. The summed E-state index contributed by atoms with van der Waals surface area (Å²) in [4.78, 5) is 0. The quantitative estimate of drug-likeness (QED) is 0.850. The van der Waals surface area contributed by atoms with E-state index in [1.54, 1.807) is 0 Å². The first-order valence-corrected chi connectivity index (χ1v) is 7.26. The minimum Gasteiger partial charge on any atom is -0.472 e. The fourth-order valence-corrected chi connectivity index (χ4v) is 2.81. The summed E-state index contributed by atoms with van der Waals surface area (Å²) in [6.45, 7) is 6.20. The van der Waals surface area contributed by atoms with Crippen LogP contribution < -0.4 is 4.74 Å². The van der Waals surface area contributed by atoms with Gasteiger partial charge >= 0.3 is 0 Å². The van der Waals surface area contributed by atoms with Gasteiger partial charge in [-0.15, -0.1) is 5.06 Å². The Bertz CT molecular complexity index is 619. The third kappa shape index (κ3) is 2.55. The van der Waals surface area contributed by atoms with Crippen LogP contribution in [0.3, 0.4) is 0 Å². The van der Waals surface area contributed by atoms with E-state index in [0.717, 1.165) is 16.9 Å². The second-order valence-electron chi connectivity index (χ2n) is 6.57. The highest BCUT2D eigenvalue weighted by atomic mass is 16.6. The van der Waals surface area contributed by atoms with Crippen LogP contribution in [0.1, 0.15) is 37.9 Å². The Kier molecular flexibility index (Phi) is 3.47. The fraction of sp³-hybridized carbons (Fsp3) is 0.333. The Morgan fingerprint density at radius 2 is 1.57 bits per heavy atom. The topological polar surface area (TPSA) is 32.7 Å². The van der Waals surface area contributed by atoms with Crippen molar-refractivity contribution in [1.29, 1.82) is 0 Å². The van der Waals surface area contributed by atoms with Gasteiger partial charge in [-0.2, -0.15) is 0 Å². The van der Waals surface area contributed by atoms with Gasteiger partial charge in [0.25, 0.3) is 0 Å². The van der Waals surface area contributed by atoms with Crippen molar-refractivity contribution in [3.05, 3.63) is 65.7 Å². The van der Waals surface area contributed by atoms with Gasteiger partial charge in [0.2, 0.25) is 0 Å². The van der Waals surface area contributed by atoms with Gasteiger partial charge in [0.15, 0.2) is 6.23 Å². The lowest BCUT2D eigenvalue weighted by Crippen LogP contribution is -2.50. The molecule has 0 radical (unpaired) electrons. The van der Waals surface area contributed by atoms with Crippen molar-refractivity contribution in [1.82, 2.24) is 5.06 Å². The van der Waals surface area contributed by atoms with Gasteiger partial charge in [-0.1, -0.05) is 69.3 Å². The first-order chi connectivity index (χ1) is 9.98. The Morgan fingerprint density at radius 3 is 2.24 bits per heavy atom. The first-order valence-electron chi connectivity index (χ1n) is 7.26. The van der Waals surface area contributed by atoms with Gasteiger partial charge in [0.1, 0.15) is 5.75 Å². The molecule has 0 aliphatic carbocycles. The molecule has 2 unspecified atom stereocenters. The molecule has 0 saturated heterocycles. The number of hydrogen-bond donors (Lipinski definition) is 1. The second-order valence-corrected chi connectivity index (χ2v) is 6.57. The molecule has 3 heteroatoms. The third-order valence-corrected chi connectivity index (χ3v) is 3.81. The molecular weight excluding hydrogens is 262 g/mol. The fourth-order valence-electron chi connectivity index (χ4n) is 2.81. The SMILES string of the molecule is CC(C)(C)C1Oc2ccccc2C(c2ccccc2)N1O. The molecule has 0 amide bonds. The van der Waals surface area contributed by atoms with Crippen molar-refractivity contribution >= 4 is 0 Å². The monoisotopic (exact) mass is 283 g/mol. The molecule has 2 atom stereocenters. The van der Waals surface area contributed by atoms with Crippen LogP contribution in [-0.2, 0) is 0 Å². The highest BCUT2D eigenvalue weighted by Crippen LogP contribution is 2.43. The predicted molar refractivity (Wildman–Crippen MR) is 82.2 cm³/mol. The number of hydrogen-bond acceptors (Lipinski definition) is 3. The predicted octanol–water partition coefficient (Wildman–Crippen LogP) is 4.23. The van der Waals surface area contributed by atoms with E-state index in [9.17, 15) is 5.21 Å². The summed E-state index contributed by atoms with van der Waals surface area (Å²) in [6.07, 6.45) is -0.391. The van der Waals surface area contributed by atoms with Crippen LogP contribution in [0.15, 0.2) is 54.6 Å². The van der Waals surface area contributed by atoms with Gasteiger partial charge in [-0.05, 0) is 11.6 Å². The highest BCUT2D eigenvalue weighted by molar-refractivity contribution is 5.43. The molecule has 0 fully saturated rings. The van der Waals surface area contributed by atoms with E-state index in [1.165, 1.54) is 5.06 Å². The number of nitrogens with zero attached hydrogens (tertiary/aromatic N) is 1. The molecule has 0 spiro atoms. The van der Waals surface area contributed by atoms with Crippen LogP contribution in [0.4, 0.5) is 0 Å². The van der Waals surface area contributed by atoms with E-state index < -0.39 is 6.23 Å². The smallest absolute Gasteiger partial charge is 0.179 e. The molecule has 0 bridgehead atoms. The zero-order chi connectivity index (χ0) is 15.0. The van der Waals surface area contributed by atoms with Crippen LogP contribution in [0.2, 0.25) is 0 Å². The molecule has 2 aromatic carbocycles. The van der Waals surface area contributed by atoms with Crippen molar-refractivity contribution in [2.75, 3.05) is 0 Å². The molecule has 1 aliphatic rings. The number of benzene rings is 2. The Balaban J connectivity index is 2.12. The minimum atomic E-state index is -0.391. The van der Waals surface area contributed by atoms with E-state index in [0.29, 0.717) is 0 Å². The average molecular weight is 283 g/mol. The van der Waals surface area contributed by atoms with Crippen molar-refractivity contribution in [3.8, 4) is 5.75 Å². The molecule has 3 rings (SSSR count). The Hall–Kier alpha value is -1.84. The highest BCUT2D eigenvalue weighted by Gasteiger charge is 2.41. The molecule has 2 aromatic rings. The number of ether oxygens (including phenoxy) is 1. The number of para-hydroxylation sites is 1. The lowest BCUT2D eigenvalue weighted by atomic mass is 9.89. The van der Waals surface area contributed by atoms with Crippen molar-refractivity contribution in [2.45, 2.75) is 33.0 Å². The molecule has 1 aliphatic heterocycles. The van der Waals surface area contributed by atoms with Crippen LogP contribution in [0, 0.1) is 5.41 Å². The molecule has 110 valence electrons. The lowest BCUT2D eigenvalue weighted by Gasteiger charge is -2.44. The number of fused-ring (bicyclic) bond motifs is 1. The number of hydroxylamine groups is 2. The van der Waals surface area contributed by atoms with E-state index in [1.807, 2.05) is 54.6 Å². The van der Waals surface area contributed by atoms with E-state index in [2.05, 4.69) is 20.8 Å². The van der Waals surface area contributed by atoms with Crippen molar-refractivity contribution in [3.63, 3.8) is 0 Å². The van der Waals surface area contributed by atoms with Gasteiger partial charge < -0.3 is 9.94 Å². The third-order valence-electron chi connectivity index (χ3n) is 3.81. The molecule has 3 nitrogen and oxygen atoms in total. The van der Waals surface area contributed by atoms with Crippen LogP contribution in [0.5, 0.6) is 5.75 Å². The first kappa shape index (κ1) is 14.1. The average Bonchev–Trinajstić information content (AvgIpc) is 2.46. The van der Waals surface area contributed by atoms with E-state index in [-0.39, 0.29) is 11.5 Å². The molecule has 0 aromatic heterocycles. The summed E-state index contributed by atoms with van der Waals surface area (Å²) in [6, 6.07) is 17.8. The summed E-state index contributed by atoms with van der Waals surface area (Å²) in [5.41, 5.74) is 1.85. The second kappa shape index (κ2) is 5.17. The maximum atomic E-state index is 10.8. The van der Waals surface area contributed by atoms with Gasteiger partial charge in [-0.3, -0.25) is 0 Å². The maximum Gasteiger partial charge on any atom is 0.179 e. The Labute approximate surface area is 125 Å². The van der Waals surface area contributed by atoms with Gasteiger partial charge in [0, 0.05) is 11.0 Å². The molecule has 1 N–H and O–H groups in total. The minimum absolute atomic E-state index is 0.199. The van der Waals surface area contributed by atoms with E-state index in [4.69, 9.17) is 4.74 Å². The summed E-state index contributed by atoms with van der Waals surface area (Å²) < 4.78 is 6.04. The normalized spacial score (nSPS) is 22.5. The van der Waals surface area contributed by atoms with Gasteiger partial charge in [0.05, 0.1) is 6.04 Å². The largest absolute Gasteiger partial charge is 0.472 e. The molecular formula is C18H21NO2. The van der Waals surface area contributed by atoms with Crippen molar-refractivity contribution < 1.29 is 9.94 Å².